The van der Waals surface area contributed by atoms with Gasteiger partial charge in [0.15, 0.2) is 0 Å². The highest BCUT2D eigenvalue weighted by Crippen LogP contribution is 2.58. The molecule has 0 saturated heterocycles. The third-order valence-corrected chi connectivity index (χ3v) is 14.0. The van der Waals surface area contributed by atoms with Crippen LogP contribution in [0.5, 0.6) is 0 Å². The Morgan fingerprint density at radius 3 is 1.27 bits per heavy atom. The van der Waals surface area contributed by atoms with E-state index in [4.69, 9.17) is 0 Å². The number of anilines is 3. The molecule has 2 aliphatic carbocycles. The van der Waals surface area contributed by atoms with E-state index in [0.717, 1.165) is 17.1 Å². The molecule has 0 N–H and O–H groups in total. The molecule has 302 valence electrons. The first-order valence-electron chi connectivity index (χ1n) is 22.3. The number of rotatable bonds is 8. The van der Waals surface area contributed by atoms with E-state index >= 15 is 0 Å². The van der Waals surface area contributed by atoms with E-state index in [1.807, 2.05) is 0 Å². The largest absolute Gasteiger partial charge is 0.310 e. The van der Waals surface area contributed by atoms with Gasteiger partial charge in [0.1, 0.15) is 0 Å². The van der Waals surface area contributed by atoms with E-state index < -0.39 is 5.41 Å². The van der Waals surface area contributed by atoms with Crippen molar-refractivity contribution in [1.29, 1.82) is 0 Å². The molecule has 0 fully saturated rings. The molecule has 10 aromatic carbocycles. The molecule has 1 atom stereocenters. The van der Waals surface area contributed by atoms with E-state index in [1.165, 1.54) is 83.5 Å². The SMILES string of the molecule is CC1(c2ccccc2)c2ccccc2-c2ccc(N(c3cc(-c4ccccc4)cc(-c4ccccc4)c3)c3ccc4c(c3)-c3ccccc3C4(c3ccccc3)c3ccccc3)cc21. The average Bonchev–Trinajstić information content (AvgIpc) is 3.82. The number of fused-ring (bicyclic) bond motifs is 6. The van der Waals surface area contributed by atoms with Gasteiger partial charge < -0.3 is 4.90 Å². The van der Waals surface area contributed by atoms with Crippen molar-refractivity contribution in [1.82, 2.24) is 0 Å². The van der Waals surface area contributed by atoms with E-state index in [9.17, 15) is 0 Å². The molecule has 12 rings (SSSR count). The van der Waals surface area contributed by atoms with Crippen molar-refractivity contribution in [2.75, 3.05) is 4.90 Å². The molecule has 0 aromatic heterocycles. The van der Waals surface area contributed by atoms with Crippen LogP contribution in [-0.2, 0) is 10.8 Å². The molecular formula is C63H45N. The molecule has 0 amide bonds. The summed E-state index contributed by atoms with van der Waals surface area (Å²) in [5, 5.41) is 0. The maximum absolute atomic E-state index is 2.50. The van der Waals surface area contributed by atoms with Crippen LogP contribution in [0.2, 0.25) is 0 Å². The summed E-state index contributed by atoms with van der Waals surface area (Å²) < 4.78 is 0. The molecule has 10 aromatic rings. The number of hydrogen-bond donors (Lipinski definition) is 0. The third-order valence-electron chi connectivity index (χ3n) is 14.0. The first-order chi connectivity index (χ1) is 31.6. The third kappa shape index (κ3) is 5.78. The Morgan fingerprint density at radius 2 is 0.688 bits per heavy atom. The Labute approximate surface area is 376 Å². The zero-order valence-electron chi connectivity index (χ0n) is 35.7. The van der Waals surface area contributed by atoms with E-state index in [2.05, 4.69) is 267 Å². The lowest BCUT2D eigenvalue weighted by atomic mass is 9.68. The smallest absolute Gasteiger partial charge is 0.0713 e. The van der Waals surface area contributed by atoms with Crippen molar-refractivity contribution in [3.63, 3.8) is 0 Å². The maximum atomic E-state index is 2.50. The van der Waals surface area contributed by atoms with Gasteiger partial charge in [-0.1, -0.05) is 212 Å². The van der Waals surface area contributed by atoms with Crippen LogP contribution in [0.1, 0.15) is 45.9 Å². The predicted molar refractivity (Wildman–Crippen MR) is 267 cm³/mol. The Kier molecular flexibility index (Phi) is 8.91. The summed E-state index contributed by atoms with van der Waals surface area (Å²) in [5.74, 6) is 0. The average molecular weight is 816 g/mol. The Bertz CT molecular complexity index is 3220. The van der Waals surface area contributed by atoms with Gasteiger partial charge in [0, 0.05) is 22.5 Å². The molecule has 0 saturated carbocycles. The summed E-state index contributed by atoms with van der Waals surface area (Å²) in [6.07, 6.45) is 0. The molecule has 1 unspecified atom stereocenters. The van der Waals surface area contributed by atoms with Gasteiger partial charge in [-0.25, -0.2) is 0 Å². The van der Waals surface area contributed by atoms with Crippen LogP contribution < -0.4 is 4.90 Å². The minimum absolute atomic E-state index is 0.349. The standard InChI is InChI=1S/C63H45N/c1-62(48-25-11-4-12-26-48)58-33-19-17-31-54(58)56-37-35-52(43-61(56)62)64(53-40-46(44-21-7-2-8-22-44)39-47(41-53)45-23-9-3-10-24-45)51-36-38-60-57(42-51)55-32-18-20-34-59(55)63(60,49-27-13-5-14-28-49)50-29-15-6-16-30-50/h2-43H,1H3. The summed E-state index contributed by atoms with van der Waals surface area (Å²) in [6.45, 7) is 2.41. The molecule has 0 spiro atoms. The van der Waals surface area contributed by atoms with Gasteiger partial charge in [-0.05, 0) is 133 Å². The van der Waals surface area contributed by atoms with Crippen LogP contribution in [0.25, 0.3) is 44.5 Å². The Balaban J connectivity index is 1.14. The van der Waals surface area contributed by atoms with Crippen LogP contribution in [-0.4, -0.2) is 0 Å². The molecule has 0 radical (unpaired) electrons. The normalized spacial score (nSPS) is 15.1. The fraction of sp³-hybridized carbons (Fsp3) is 0.0476. The Hall–Kier alpha value is -8.00. The fourth-order valence-electron chi connectivity index (χ4n) is 11.1. The van der Waals surface area contributed by atoms with Gasteiger partial charge in [-0.2, -0.15) is 0 Å². The number of benzene rings is 10. The summed E-state index contributed by atoms with van der Waals surface area (Å²) in [4.78, 5) is 2.50. The topological polar surface area (TPSA) is 3.24 Å². The zero-order chi connectivity index (χ0) is 42.7. The molecule has 1 nitrogen and oxygen atoms in total. The molecular weight excluding hydrogens is 771 g/mol. The van der Waals surface area contributed by atoms with Crippen molar-refractivity contribution < 1.29 is 0 Å². The van der Waals surface area contributed by atoms with Crippen molar-refractivity contribution in [2.24, 2.45) is 0 Å². The highest BCUT2D eigenvalue weighted by Gasteiger charge is 2.46. The van der Waals surface area contributed by atoms with Gasteiger partial charge in [-0.15, -0.1) is 0 Å². The van der Waals surface area contributed by atoms with E-state index in [1.54, 1.807) is 0 Å². The summed E-state index contributed by atoms with van der Waals surface area (Å²) in [5.41, 5.74) is 21.3. The fourth-order valence-corrected chi connectivity index (χ4v) is 11.1. The van der Waals surface area contributed by atoms with Gasteiger partial charge in [0.2, 0.25) is 0 Å². The molecule has 2 aliphatic rings. The second-order valence-corrected chi connectivity index (χ2v) is 17.4. The van der Waals surface area contributed by atoms with Crippen LogP contribution in [0, 0.1) is 0 Å². The van der Waals surface area contributed by atoms with Crippen molar-refractivity contribution in [3.05, 3.63) is 294 Å². The summed E-state index contributed by atoms with van der Waals surface area (Å²) in [7, 11) is 0. The van der Waals surface area contributed by atoms with Crippen LogP contribution in [0.3, 0.4) is 0 Å². The van der Waals surface area contributed by atoms with Crippen LogP contribution >= 0.6 is 0 Å². The molecule has 0 bridgehead atoms. The predicted octanol–water partition coefficient (Wildman–Crippen LogP) is 16.2. The monoisotopic (exact) mass is 815 g/mol. The van der Waals surface area contributed by atoms with Crippen molar-refractivity contribution in [3.8, 4) is 44.5 Å². The quantitative estimate of drug-likeness (QED) is 0.148. The van der Waals surface area contributed by atoms with E-state index in [0.29, 0.717) is 0 Å². The first-order valence-corrected chi connectivity index (χ1v) is 22.3. The highest BCUT2D eigenvalue weighted by molar-refractivity contribution is 5.93. The molecule has 64 heavy (non-hydrogen) atoms. The van der Waals surface area contributed by atoms with Gasteiger partial charge in [0.05, 0.1) is 5.41 Å². The van der Waals surface area contributed by atoms with Crippen molar-refractivity contribution >= 4 is 17.1 Å². The minimum Gasteiger partial charge on any atom is -0.310 e. The molecule has 0 heterocycles. The number of nitrogens with zero attached hydrogens (tertiary/aromatic N) is 1. The van der Waals surface area contributed by atoms with Crippen molar-refractivity contribution in [2.45, 2.75) is 17.8 Å². The second kappa shape index (κ2) is 15.1. The van der Waals surface area contributed by atoms with Gasteiger partial charge in [0.25, 0.3) is 0 Å². The highest BCUT2D eigenvalue weighted by atomic mass is 15.1. The van der Waals surface area contributed by atoms with E-state index in [-0.39, 0.29) is 5.41 Å². The van der Waals surface area contributed by atoms with Crippen LogP contribution in [0.4, 0.5) is 17.1 Å². The lowest BCUT2D eigenvalue weighted by molar-refractivity contribution is 0.714. The zero-order valence-corrected chi connectivity index (χ0v) is 35.7. The summed E-state index contributed by atoms with van der Waals surface area (Å²) >= 11 is 0. The summed E-state index contributed by atoms with van der Waals surface area (Å²) in [6, 6.07) is 94.3. The number of hydrogen-bond acceptors (Lipinski definition) is 1. The molecule has 1 heteroatoms. The lowest BCUT2D eigenvalue weighted by Crippen LogP contribution is -2.28. The van der Waals surface area contributed by atoms with Gasteiger partial charge in [-0.3, -0.25) is 0 Å². The Morgan fingerprint density at radius 1 is 0.266 bits per heavy atom. The first kappa shape index (κ1) is 37.7. The minimum atomic E-state index is -0.484. The van der Waals surface area contributed by atoms with Crippen LogP contribution in [0.15, 0.2) is 255 Å². The maximum Gasteiger partial charge on any atom is 0.0713 e. The van der Waals surface area contributed by atoms with Gasteiger partial charge >= 0.3 is 0 Å². The lowest BCUT2D eigenvalue weighted by Gasteiger charge is -2.34. The second-order valence-electron chi connectivity index (χ2n) is 17.4. The molecule has 0 aliphatic heterocycles.